The van der Waals surface area contributed by atoms with Crippen LogP contribution >= 0.6 is 11.6 Å². The van der Waals surface area contributed by atoms with Crippen molar-refractivity contribution in [3.63, 3.8) is 0 Å². The lowest BCUT2D eigenvalue weighted by Crippen LogP contribution is -2.49. The lowest BCUT2D eigenvalue weighted by atomic mass is 9.93. The van der Waals surface area contributed by atoms with Crippen molar-refractivity contribution in [2.75, 3.05) is 13.1 Å². The Bertz CT molecular complexity index is 868. The predicted molar refractivity (Wildman–Crippen MR) is 101 cm³/mol. The zero-order valence-corrected chi connectivity index (χ0v) is 15.6. The number of aromatic nitrogens is 1. The smallest absolute Gasteiger partial charge is 0.253 e. The zero-order chi connectivity index (χ0) is 18.3. The van der Waals surface area contributed by atoms with Crippen molar-refractivity contribution in [2.24, 2.45) is 5.41 Å². The summed E-state index contributed by atoms with van der Waals surface area (Å²) in [5.41, 5.74) is 1.71. The highest BCUT2D eigenvalue weighted by molar-refractivity contribution is 6.31. The number of halogens is 1. The molecule has 6 heteroatoms. The van der Waals surface area contributed by atoms with Crippen LogP contribution in [0.5, 0.6) is 0 Å². The first-order valence-electron chi connectivity index (χ1n) is 9.11. The highest BCUT2D eigenvalue weighted by Gasteiger charge is 2.45. The fourth-order valence-electron chi connectivity index (χ4n) is 3.71. The average Bonchev–Trinajstić information content (AvgIpc) is 3.40. The quantitative estimate of drug-likeness (QED) is 0.899. The molecule has 26 heavy (non-hydrogen) atoms. The van der Waals surface area contributed by atoms with E-state index in [4.69, 9.17) is 11.6 Å². The monoisotopic (exact) mass is 371 g/mol. The number of rotatable bonds is 3. The Labute approximate surface area is 157 Å². The average molecular weight is 372 g/mol. The minimum Gasteiger partial charge on any atom is -0.341 e. The normalized spacial score (nSPS) is 19.4. The van der Waals surface area contributed by atoms with Gasteiger partial charge in [-0.15, -0.1) is 0 Å². The molecule has 1 aromatic carbocycles. The summed E-state index contributed by atoms with van der Waals surface area (Å²) in [6.07, 6.45) is 6.32. The van der Waals surface area contributed by atoms with Crippen LogP contribution in [-0.2, 0) is 4.79 Å². The van der Waals surface area contributed by atoms with Gasteiger partial charge in [0.2, 0.25) is 5.91 Å². The van der Waals surface area contributed by atoms with Crippen LogP contribution in [0.2, 0.25) is 5.02 Å². The molecule has 136 valence electrons. The maximum Gasteiger partial charge on any atom is 0.253 e. The van der Waals surface area contributed by atoms with E-state index >= 15 is 0 Å². The number of pyridine rings is 1. The van der Waals surface area contributed by atoms with Gasteiger partial charge >= 0.3 is 0 Å². The molecule has 1 saturated carbocycles. The summed E-state index contributed by atoms with van der Waals surface area (Å²) in [4.78, 5) is 31.3. The van der Waals surface area contributed by atoms with Crippen LogP contribution in [0.4, 0.5) is 0 Å². The maximum atomic E-state index is 12.6. The molecule has 4 rings (SSSR count). The third-order valence-electron chi connectivity index (χ3n) is 5.72. The second kappa shape index (κ2) is 6.54. The van der Waals surface area contributed by atoms with Crippen molar-refractivity contribution in [1.82, 2.24) is 15.2 Å². The van der Waals surface area contributed by atoms with E-state index in [9.17, 15) is 9.59 Å². The molecule has 2 aliphatic rings. The number of amides is 2. The van der Waals surface area contributed by atoms with Gasteiger partial charge in [0.15, 0.2) is 0 Å². The van der Waals surface area contributed by atoms with Crippen molar-refractivity contribution in [1.29, 1.82) is 0 Å². The summed E-state index contributed by atoms with van der Waals surface area (Å²) in [6, 6.07) is 6.58. The molecule has 2 amide bonds. The van der Waals surface area contributed by atoms with Gasteiger partial charge in [0.1, 0.15) is 6.04 Å². The molecule has 0 unspecified atom stereocenters. The van der Waals surface area contributed by atoms with Gasteiger partial charge in [-0.3, -0.25) is 14.6 Å². The van der Waals surface area contributed by atoms with E-state index in [0.717, 1.165) is 36.8 Å². The van der Waals surface area contributed by atoms with Crippen LogP contribution in [0.1, 0.15) is 43.0 Å². The van der Waals surface area contributed by atoms with E-state index in [1.54, 1.807) is 25.1 Å². The van der Waals surface area contributed by atoms with Crippen molar-refractivity contribution in [2.45, 2.75) is 38.6 Å². The van der Waals surface area contributed by atoms with Gasteiger partial charge in [-0.1, -0.05) is 17.7 Å². The Kier molecular flexibility index (Phi) is 4.35. The van der Waals surface area contributed by atoms with E-state index in [1.807, 2.05) is 11.0 Å². The first-order valence-corrected chi connectivity index (χ1v) is 9.49. The summed E-state index contributed by atoms with van der Waals surface area (Å²) in [5, 5.41) is 4.26. The van der Waals surface area contributed by atoms with Crippen molar-refractivity contribution >= 4 is 34.3 Å². The van der Waals surface area contributed by atoms with Crippen molar-refractivity contribution < 1.29 is 9.59 Å². The molecule has 1 saturated heterocycles. The first-order chi connectivity index (χ1) is 12.5. The summed E-state index contributed by atoms with van der Waals surface area (Å²) in [6.45, 7) is 3.35. The standard InChI is InChI=1S/C20H22ClN3O2/c1-13(19(26)24-8-6-20(4-5-20)7-9-24)23-18(25)15-10-14-2-3-16(21)11-17(14)22-12-15/h2-3,10-13H,4-9H2,1H3,(H,23,25)/t13-/m1/s1. The summed E-state index contributed by atoms with van der Waals surface area (Å²) in [7, 11) is 0. The molecule has 1 aliphatic heterocycles. The van der Waals surface area contributed by atoms with Gasteiger partial charge in [0.05, 0.1) is 11.1 Å². The largest absolute Gasteiger partial charge is 0.341 e. The summed E-state index contributed by atoms with van der Waals surface area (Å²) in [5.74, 6) is -0.291. The van der Waals surface area contributed by atoms with E-state index in [1.165, 1.54) is 19.0 Å². The number of hydrogen-bond donors (Lipinski definition) is 1. The number of fused-ring (bicyclic) bond motifs is 1. The number of likely N-dealkylation sites (tertiary alicyclic amines) is 1. The SMILES string of the molecule is C[C@@H](NC(=O)c1cnc2cc(Cl)ccc2c1)C(=O)N1CCC2(CC1)CC2. The molecule has 1 aromatic heterocycles. The maximum absolute atomic E-state index is 12.6. The van der Waals surface area contributed by atoms with E-state index in [2.05, 4.69) is 10.3 Å². The molecule has 1 aliphatic carbocycles. The molecule has 1 N–H and O–H groups in total. The third-order valence-corrected chi connectivity index (χ3v) is 5.95. The molecular weight excluding hydrogens is 350 g/mol. The Hall–Kier alpha value is -2.14. The Morgan fingerprint density at radius 3 is 2.62 bits per heavy atom. The molecule has 2 aromatic rings. The molecular formula is C20H22ClN3O2. The zero-order valence-electron chi connectivity index (χ0n) is 14.8. The Balaban J connectivity index is 1.40. The minimum atomic E-state index is -0.545. The van der Waals surface area contributed by atoms with Crippen LogP contribution in [0.3, 0.4) is 0 Å². The molecule has 0 radical (unpaired) electrons. The number of nitrogens with zero attached hydrogens (tertiary/aromatic N) is 2. The van der Waals surface area contributed by atoms with Crippen LogP contribution < -0.4 is 5.32 Å². The first kappa shape index (κ1) is 17.3. The van der Waals surface area contributed by atoms with E-state index in [0.29, 0.717) is 16.0 Å². The number of benzene rings is 1. The second-order valence-electron chi connectivity index (χ2n) is 7.58. The lowest BCUT2D eigenvalue weighted by molar-refractivity contribution is -0.134. The second-order valence-corrected chi connectivity index (χ2v) is 8.02. The number of hydrogen-bond acceptors (Lipinski definition) is 3. The molecule has 5 nitrogen and oxygen atoms in total. The summed E-state index contributed by atoms with van der Waals surface area (Å²) >= 11 is 5.96. The molecule has 1 spiro atoms. The third kappa shape index (κ3) is 3.40. The van der Waals surface area contributed by atoms with E-state index in [-0.39, 0.29) is 11.8 Å². The number of piperidine rings is 1. The number of carbonyl (C=O) groups excluding carboxylic acids is 2. The molecule has 1 atom stereocenters. The topological polar surface area (TPSA) is 62.3 Å². The lowest BCUT2D eigenvalue weighted by Gasteiger charge is -2.33. The van der Waals surface area contributed by atoms with Gasteiger partial charge in [-0.05, 0) is 56.2 Å². The van der Waals surface area contributed by atoms with Crippen LogP contribution in [-0.4, -0.2) is 40.8 Å². The number of nitrogens with one attached hydrogen (secondary N) is 1. The number of carbonyl (C=O) groups is 2. The Morgan fingerprint density at radius 2 is 1.92 bits per heavy atom. The van der Waals surface area contributed by atoms with Crippen molar-refractivity contribution in [3.8, 4) is 0 Å². The molecule has 2 fully saturated rings. The molecule has 2 heterocycles. The van der Waals surface area contributed by atoms with Crippen molar-refractivity contribution in [3.05, 3.63) is 41.0 Å². The minimum absolute atomic E-state index is 0.00520. The van der Waals surface area contributed by atoms with Crippen LogP contribution in [0, 0.1) is 5.41 Å². The summed E-state index contributed by atoms with van der Waals surface area (Å²) < 4.78 is 0. The highest BCUT2D eigenvalue weighted by Crippen LogP contribution is 2.53. The van der Waals surface area contributed by atoms with Crippen LogP contribution in [0.25, 0.3) is 10.9 Å². The van der Waals surface area contributed by atoms with Gasteiger partial charge in [-0.25, -0.2) is 0 Å². The van der Waals surface area contributed by atoms with Crippen LogP contribution in [0.15, 0.2) is 30.5 Å². The highest BCUT2D eigenvalue weighted by atomic mass is 35.5. The Morgan fingerprint density at radius 1 is 1.19 bits per heavy atom. The van der Waals surface area contributed by atoms with Gasteiger partial charge in [-0.2, -0.15) is 0 Å². The van der Waals surface area contributed by atoms with Gasteiger partial charge in [0.25, 0.3) is 5.91 Å². The molecule has 0 bridgehead atoms. The fraction of sp³-hybridized carbons (Fsp3) is 0.450. The van der Waals surface area contributed by atoms with Gasteiger partial charge < -0.3 is 10.2 Å². The fourth-order valence-corrected chi connectivity index (χ4v) is 3.88. The van der Waals surface area contributed by atoms with Gasteiger partial charge in [0, 0.05) is 29.7 Å². The van der Waals surface area contributed by atoms with E-state index < -0.39 is 6.04 Å². The predicted octanol–water partition coefficient (Wildman–Crippen LogP) is 3.41.